The van der Waals surface area contributed by atoms with E-state index >= 15 is 0 Å². The molecule has 0 atom stereocenters. The fraction of sp³-hybridized carbons (Fsp3) is 0. The van der Waals surface area contributed by atoms with Gasteiger partial charge in [0.1, 0.15) is 23.0 Å². The fourth-order valence-electron chi connectivity index (χ4n) is 7.62. The van der Waals surface area contributed by atoms with Crippen molar-refractivity contribution in [1.29, 1.82) is 0 Å². The van der Waals surface area contributed by atoms with Crippen molar-refractivity contribution in [3.8, 4) is 73.2 Å². The first-order valence-corrected chi connectivity index (χ1v) is 17.3. The van der Waals surface area contributed by atoms with Crippen molar-refractivity contribution >= 4 is 21.8 Å². The van der Waals surface area contributed by atoms with Crippen LogP contribution in [-0.4, -0.2) is 4.57 Å². The third-order valence-corrected chi connectivity index (χ3v) is 9.89. The Morgan fingerprint density at radius 3 is 1.69 bits per heavy atom. The Morgan fingerprint density at radius 1 is 0.333 bits per heavy atom. The Hall–Kier alpha value is -6.84. The van der Waals surface area contributed by atoms with Crippen molar-refractivity contribution in [3.05, 3.63) is 188 Å². The van der Waals surface area contributed by atoms with Gasteiger partial charge in [-0.1, -0.05) is 140 Å². The molecule has 240 valence electrons. The zero-order valence-corrected chi connectivity index (χ0v) is 27.7. The molecule has 0 saturated carbocycles. The van der Waals surface area contributed by atoms with E-state index < -0.39 is 0 Å². The van der Waals surface area contributed by atoms with Crippen LogP contribution in [0.1, 0.15) is 0 Å². The number of hydrogen-bond donors (Lipinski definition) is 0. The van der Waals surface area contributed by atoms with E-state index in [0.717, 1.165) is 78.7 Å². The number of para-hydroxylation sites is 5. The maximum absolute atomic E-state index is 7.11. The zero-order chi connectivity index (χ0) is 33.7. The molecule has 0 spiro atoms. The van der Waals surface area contributed by atoms with Crippen molar-refractivity contribution in [3.63, 3.8) is 0 Å². The zero-order valence-electron chi connectivity index (χ0n) is 27.7. The molecular formula is C48H31NO2. The molecule has 3 heteroatoms. The molecule has 0 N–H and O–H groups in total. The maximum Gasteiger partial charge on any atom is 0.136 e. The van der Waals surface area contributed by atoms with Crippen molar-refractivity contribution in [1.82, 2.24) is 4.57 Å². The first-order valence-electron chi connectivity index (χ1n) is 17.3. The van der Waals surface area contributed by atoms with Gasteiger partial charge in [-0.2, -0.15) is 0 Å². The Morgan fingerprint density at radius 2 is 0.902 bits per heavy atom. The summed E-state index contributed by atoms with van der Waals surface area (Å²) < 4.78 is 16.4. The summed E-state index contributed by atoms with van der Waals surface area (Å²) in [4.78, 5) is 0. The molecule has 0 bridgehead atoms. The molecular weight excluding hydrogens is 623 g/mol. The Balaban J connectivity index is 1.27. The van der Waals surface area contributed by atoms with Crippen LogP contribution in [0.15, 0.2) is 188 Å². The molecule has 10 rings (SSSR count). The quantitative estimate of drug-likeness (QED) is 0.189. The molecule has 9 aromatic rings. The maximum atomic E-state index is 7.11. The molecule has 0 saturated heterocycles. The number of benzene rings is 8. The van der Waals surface area contributed by atoms with E-state index in [2.05, 4.69) is 150 Å². The smallest absolute Gasteiger partial charge is 0.136 e. The number of ether oxygens (including phenoxy) is 2. The van der Waals surface area contributed by atoms with E-state index in [9.17, 15) is 0 Å². The lowest BCUT2D eigenvalue weighted by Crippen LogP contribution is -1.99. The molecule has 2 heterocycles. The van der Waals surface area contributed by atoms with E-state index in [1.54, 1.807) is 0 Å². The van der Waals surface area contributed by atoms with Crippen LogP contribution in [0.3, 0.4) is 0 Å². The summed E-state index contributed by atoms with van der Waals surface area (Å²) in [6.07, 6.45) is 0. The molecule has 1 aliphatic rings. The normalized spacial score (nSPS) is 11.8. The molecule has 8 aromatic carbocycles. The molecule has 0 amide bonds. The predicted molar refractivity (Wildman–Crippen MR) is 209 cm³/mol. The minimum absolute atomic E-state index is 0.756. The lowest BCUT2D eigenvalue weighted by molar-refractivity contribution is 0.472. The van der Waals surface area contributed by atoms with Crippen LogP contribution >= 0.6 is 0 Å². The third-order valence-electron chi connectivity index (χ3n) is 9.89. The van der Waals surface area contributed by atoms with Gasteiger partial charge in [-0.05, 0) is 65.2 Å². The SMILES string of the molecule is c1ccc(-c2cccc3c2-c2ccc(-c4cccc5c6ccccc6n(-c6ccccc6)c45)cc2Oc2ccccc2-c2ccccc2O3)cc1. The summed E-state index contributed by atoms with van der Waals surface area (Å²) in [6, 6.07) is 65.7. The second-order valence-corrected chi connectivity index (χ2v) is 12.8. The highest BCUT2D eigenvalue weighted by atomic mass is 16.5. The number of rotatable bonds is 3. The molecule has 51 heavy (non-hydrogen) atoms. The van der Waals surface area contributed by atoms with Crippen LogP contribution < -0.4 is 9.47 Å². The van der Waals surface area contributed by atoms with Crippen molar-refractivity contribution in [2.75, 3.05) is 0 Å². The third kappa shape index (κ3) is 4.82. The topological polar surface area (TPSA) is 23.4 Å². The van der Waals surface area contributed by atoms with Crippen LogP contribution in [0.2, 0.25) is 0 Å². The van der Waals surface area contributed by atoms with E-state index in [0.29, 0.717) is 0 Å². The molecule has 1 aromatic heterocycles. The summed E-state index contributed by atoms with van der Waals surface area (Å²) in [5.74, 6) is 3.07. The van der Waals surface area contributed by atoms with E-state index in [1.165, 1.54) is 16.3 Å². The largest absolute Gasteiger partial charge is 0.456 e. The number of nitrogens with zero attached hydrogens (tertiary/aromatic N) is 1. The first-order chi connectivity index (χ1) is 25.3. The van der Waals surface area contributed by atoms with Crippen LogP contribution in [0, 0.1) is 0 Å². The average Bonchev–Trinajstić information content (AvgIpc) is 3.54. The van der Waals surface area contributed by atoms with Crippen LogP contribution in [0.25, 0.3) is 72.0 Å². The van der Waals surface area contributed by atoms with Crippen molar-refractivity contribution < 1.29 is 9.47 Å². The van der Waals surface area contributed by atoms with Gasteiger partial charge in [0, 0.05) is 44.3 Å². The van der Waals surface area contributed by atoms with Gasteiger partial charge < -0.3 is 14.0 Å². The minimum Gasteiger partial charge on any atom is -0.456 e. The van der Waals surface area contributed by atoms with Gasteiger partial charge in [0.25, 0.3) is 0 Å². The monoisotopic (exact) mass is 653 g/mol. The number of aromatic nitrogens is 1. The van der Waals surface area contributed by atoms with E-state index in [1.807, 2.05) is 42.5 Å². The van der Waals surface area contributed by atoms with Gasteiger partial charge in [0.05, 0.1) is 11.0 Å². The van der Waals surface area contributed by atoms with Gasteiger partial charge in [0.15, 0.2) is 0 Å². The van der Waals surface area contributed by atoms with Gasteiger partial charge in [-0.25, -0.2) is 0 Å². The van der Waals surface area contributed by atoms with E-state index in [-0.39, 0.29) is 0 Å². The predicted octanol–water partition coefficient (Wildman–Crippen LogP) is 13.3. The second-order valence-electron chi connectivity index (χ2n) is 12.8. The molecule has 1 aliphatic heterocycles. The summed E-state index contributed by atoms with van der Waals surface area (Å²) >= 11 is 0. The van der Waals surface area contributed by atoms with Crippen molar-refractivity contribution in [2.45, 2.75) is 0 Å². The first kappa shape index (κ1) is 29.1. The standard InChI is InChI=1S/C48H31NO2/c1-3-15-32(16-4-1)35-22-14-28-45-47(35)41-30-29-33(31-46(41)51-44-27-12-9-21-39(44)38-20-8-11-26-43(38)50-45)36-23-13-24-40-37-19-7-10-25-42(37)49(48(36)40)34-17-5-2-6-18-34/h1-31H. The average molecular weight is 654 g/mol. The van der Waals surface area contributed by atoms with Crippen LogP contribution in [-0.2, 0) is 0 Å². The molecule has 0 unspecified atom stereocenters. The molecule has 3 nitrogen and oxygen atoms in total. The lowest BCUT2D eigenvalue weighted by atomic mass is 9.91. The number of hydrogen-bond acceptors (Lipinski definition) is 2. The summed E-state index contributed by atoms with van der Waals surface area (Å²) in [7, 11) is 0. The van der Waals surface area contributed by atoms with Gasteiger partial charge in [0.2, 0.25) is 0 Å². The molecule has 0 fully saturated rings. The number of fused-ring (bicyclic) bond motifs is 9. The Bertz CT molecular complexity index is 2740. The minimum atomic E-state index is 0.756. The van der Waals surface area contributed by atoms with Gasteiger partial charge in [-0.15, -0.1) is 0 Å². The highest BCUT2D eigenvalue weighted by Crippen LogP contribution is 2.51. The van der Waals surface area contributed by atoms with Gasteiger partial charge >= 0.3 is 0 Å². The summed E-state index contributed by atoms with van der Waals surface area (Å²) in [6.45, 7) is 0. The summed E-state index contributed by atoms with van der Waals surface area (Å²) in [5, 5.41) is 2.43. The highest BCUT2D eigenvalue weighted by Gasteiger charge is 2.24. The fourth-order valence-corrected chi connectivity index (χ4v) is 7.62. The molecule has 0 radical (unpaired) electrons. The highest BCUT2D eigenvalue weighted by molar-refractivity contribution is 6.14. The van der Waals surface area contributed by atoms with Crippen molar-refractivity contribution in [2.24, 2.45) is 0 Å². The Kier molecular flexibility index (Phi) is 6.81. The lowest BCUT2D eigenvalue weighted by Gasteiger charge is -2.23. The van der Waals surface area contributed by atoms with E-state index in [4.69, 9.17) is 9.47 Å². The Labute approximate surface area is 296 Å². The summed E-state index contributed by atoms with van der Waals surface area (Å²) in [5.41, 5.74) is 11.7. The van der Waals surface area contributed by atoms with Crippen LogP contribution in [0.4, 0.5) is 0 Å². The second kappa shape index (κ2) is 11.9. The molecule has 0 aliphatic carbocycles. The van der Waals surface area contributed by atoms with Gasteiger partial charge in [-0.3, -0.25) is 0 Å². The van der Waals surface area contributed by atoms with Crippen LogP contribution in [0.5, 0.6) is 23.0 Å².